The summed E-state index contributed by atoms with van der Waals surface area (Å²) >= 11 is 1.58. The van der Waals surface area contributed by atoms with Crippen LogP contribution in [0.4, 0.5) is 0 Å². The number of nitrogens with one attached hydrogen (secondary N) is 2. The van der Waals surface area contributed by atoms with Crippen molar-refractivity contribution in [2.24, 2.45) is 0 Å². The first-order valence-electron chi connectivity index (χ1n) is 5.14. The van der Waals surface area contributed by atoms with Crippen molar-refractivity contribution >= 4 is 11.8 Å². The molecule has 1 atom stereocenters. The van der Waals surface area contributed by atoms with Gasteiger partial charge in [0.05, 0.1) is 0 Å². The van der Waals surface area contributed by atoms with Crippen molar-refractivity contribution in [3.8, 4) is 0 Å². The molecule has 0 fully saturated rings. The summed E-state index contributed by atoms with van der Waals surface area (Å²) in [7, 11) is 0. The topological polar surface area (TPSA) is 57.8 Å². The van der Waals surface area contributed by atoms with Gasteiger partial charge in [-0.15, -0.1) is 0 Å². The Morgan fingerprint density at radius 2 is 2.47 bits per heavy atom. The van der Waals surface area contributed by atoms with Crippen LogP contribution in [0.3, 0.4) is 0 Å². The van der Waals surface area contributed by atoms with E-state index in [4.69, 9.17) is 0 Å². The quantitative estimate of drug-likeness (QED) is 0.567. The van der Waals surface area contributed by atoms with Crippen molar-refractivity contribution in [1.82, 2.24) is 15.3 Å². The fourth-order valence-corrected chi connectivity index (χ4v) is 2.18. The highest BCUT2D eigenvalue weighted by atomic mass is 32.2. The zero-order valence-electron chi connectivity index (χ0n) is 9.12. The lowest BCUT2D eigenvalue weighted by molar-refractivity contribution is 0.556. The predicted molar refractivity (Wildman–Crippen MR) is 63.3 cm³/mol. The second-order valence-corrected chi connectivity index (χ2v) is 4.42. The molecule has 1 rings (SSSR count). The Morgan fingerprint density at radius 1 is 1.67 bits per heavy atom. The highest BCUT2D eigenvalue weighted by Gasteiger charge is 2.01. The highest BCUT2D eigenvalue weighted by molar-refractivity contribution is 7.99. The largest absolute Gasteiger partial charge is 0.315 e. The van der Waals surface area contributed by atoms with Crippen molar-refractivity contribution in [2.45, 2.75) is 31.5 Å². The van der Waals surface area contributed by atoms with E-state index in [0.717, 1.165) is 18.7 Å². The number of hydrogen-bond acceptors (Lipinski definition) is 4. The molecule has 4 nitrogen and oxygen atoms in total. The maximum atomic E-state index is 11.0. The van der Waals surface area contributed by atoms with Gasteiger partial charge in [0.15, 0.2) is 5.16 Å². The van der Waals surface area contributed by atoms with E-state index >= 15 is 0 Å². The van der Waals surface area contributed by atoms with Gasteiger partial charge in [0.2, 0.25) is 0 Å². The Balaban J connectivity index is 2.28. The third-order valence-corrected chi connectivity index (χ3v) is 2.91. The summed E-state index contributed by atoms with van der Waals surface area (Å²) in [6.45, 7) is 5.25. The first-order valence-corrected chi connectivity index (χ1v) is 6.12. The monoisotopic (exact) mass is 227 g/mol. The molecule has 84 valence electrons. The van der Waals surface area contributed by atoms with Crippen LogP contribution in [-0.2, 0) is 0 Å². The second kappa shape index (κ2) is 6.63. The lowest BCUT2D eigenvalue weighted by Gasteiger charge is -2.10. The standard InChI is InChI=1S/C10H17N3OS/c1-3-11-8(2)5-7-15-10-12-6-4-9(14)13-10/h4,6,8,11H,3,5,7H2,1-2H3,(H,12,13,14). The van der Waals surface area contributed by atoms with Gasteiger partial charge in [-0.05, 0) is 19.9 Å². The van der Waals surface area contributed by atoms with Crippen LogP contribution < -0.4 is 10.9 Å². The molecule has 2 N–H and O–H groups in total. The molecular weight excluding hydrogens is 210 g/mol. The number of aromatic amines is 1. The van der Waals surface area contributed by atoms with Gasteiger partial charge in [-0.2, -0.15) is 0 Å². The van der Waals surface area contributed by atoms with Crippen molar-refractivity contribution < 1.29 is 0 Å². The third kappa shape index (κ3) is 4.99. The number of thioether (sulfide) groups is 1. The maximum absolute atomic E-state index is 11.0. The predicted octanol–water partition coefficient (Wildman–Crippen LogP) is 1.25. The normalized spacial score (nSPS) is 12.7. The number of rotatable bonds is 6. The maximum Gasteiger partial charge on any atom is 0.251 e. The fraction of sp³-hybridized carbons (Fsp3) is 0.600. The van der Waals surface area contributed by atoms with Gasteiger partial charge in [0.1, 0.15) is 0 Å². The molecule has 1 heterocycles. The molecule has 0 radical (unpaired) electrons. The van der Waals surface area contributed by atoms with E-state index in [9.17, 15) is 4.79 Å². The van der Waals surface area contributed by atoms with Gasteiger partial charge in [-0.1, -0.05) is 18.7 Å². The van der Waals surface area contributed by atoms with Crippen LogP contribution >= 0.6 is 11.8 Å². The average Bonchev–Trinajstić information content (AvgIpc) is 2.18. The van der Waals surface area contributed by atoms with E-state index in [2.05, 4.69) is 29.1 Å². The lowest BCUT2D eigenvalue weighted by atomic mass is 10.3. The SMILES string of the molecule is CCNC(C)CCSc1nccc(=O)[nH]1. The second-order valence-electron chi connectivity index (χ2n) is 3.34. The number of aromatic nitrogens is 2. The summed E-state index contributed by atoms with van der Waals surface area (Å²) in [5, 5.41) is 4.04. The van der Waals surface area contributed by atoms with E-state index in [1.807, 2.05) is 0 Å². The highest BCUT2D eigenvalue weighted by Crippen LogP contribution is 2.12. The molecule has 15 heavy (non-hydrogen) atoms. The zero-order valence-corrected chi connectivity index (χ0v) is 9.93. The fourth-order valence-electron chi connectivity index (χ4n) is 1.21. The molecule has 0 bridgehead atoms. The Kier molecular flexibility index (Phi) is 5.42. The molecule has 1 unspecified atom stereocenters. The van der Waals surface area contributed by atoms with Crippen LogP contribution in [0, 0.1) is 0 Å². The van der Waals surface area contributed by atoms with E-state index in [0.29, 0.717) is 11.2 Å². The van der Waals surface area contributed by atoms with E-state index in [-0.39, 0.29) is 5.56 Å². The van der Waals surface area contributed by atoms with Gasteiger partial charge in [0.25, 0.3) is 5.56 Å². The molecule has 0 saturated carbocycles. The van der Waals surface area contributed by atoms with Crippen LogP contribution in [0.5, 0.6) is 0 Å². The van der Waals surface area contributed by atoms with E-state index in [1.165, 1.54) is 12.3 Å². The molecule has 0 aromatic carbocycles. The van der Waals surface area contributed by atoms with E-state index in [1.54, 1.807) is 11.8 Å². The molecule has 0 aliphatic heterocycles. The summed E-state index contributed by atoms with van der Waals surface area (Å²) in [5.74, 6) is 0.959. The summed E-state index contributed by atoms with van der Waals surface area (Å²) < 4.78 is 0. The Labute approximate surface area is 93.9 Å². The summed E-state index contributed by atoms with van der Waals surface area (Å²) in [4.78, 5) is 17.7. The summed E-state index contributed by atoms with van der Waals surface area (Å²) in [5.41, 5.74) is -0.0905. The molecule has 0 aliphatic rings. The molecular formula is C10H17N3OS. The molecule has 5 heteroatoms. The molecule has 1 aromatic heterocycles. The number of hydrogen-bond donors (Lipinski definition) is 2. The average molecular weight is 227 g/mol. The van der Waals surface area contributed by atoms with Crippen LogP contribution in [0.25, 0.3) is 0 Å². The van der Waals surface area contributed by atoms with Crippen LogP contribution in [0.15, 0.2) is 22.2 Å². The number of nitrogens with zero attached hydrogens (tertiary/aromatic N) is 1. The Bertz CT molecular complexity index is 339. The van der Waals surface area contributed by atoms with Gasteiger partial charge in [-0.25, -0.2) is 4.98 Å². The van der Waals surface area contributed by atoms with Gasteiger partial charge in [-0.3, -0.25) is 4.79 Å². The van der Waals surface area contributed by atoms with Crippen molar-refractivity contribution in [2.75, 3.05) is 12.3 Å². The molecule has 0 spiro atoms. The first kappa shape index (κ1) is 12.3. The number of H-pyrrole nitrogens is 1. The Morgan fingerprint density at radius 3 is 3.13 bits per heavy atom. The van der Waals surface area contributed by atoms with Crippen molar-refractivity contribution in [3.63, 3.8) is 0 Å². The zero-order chi connectivity index (χ0) is 11.1. The minimum atomic E-state index is -0.0905. The van der Waals surface area contributed by atoms with Crippen LogP contribution in [0.2, 0.25) is 0 Å². The van der Waals surface area contributed by atoms with E-state index < -0.39 is 0 Å². The van der Waals surface area contributed by atoms with Crippen molar-refractivity contribution in [1.29, 1.82) is 0 Å². The third-order valence-electron chi connectivity index (χ3n) is 1.99. The van der Waals surface area contributed by atoms with Crippen LogP contribution in [0.1, 0.15) is 20.3 Å². The summed E-state index contributed by atoms with van der Waals surface area (Å²) in [6.07, 6.45) is 2.60. The van der Waals surface area contributed by atoms with Crippen molar-refractivity contribution in [3.05, 3.63) is 22.6 Å². The molecule has 0 aliphatic carbocycles. The lowest BCUT2D eigenvalue weighted by Crippen LogP contribution is -2.25. The molecule has 1 aromatic rings. The van der Waals surface area contributed by atoms with Gasteiger partial charge >= 0.3 is 0 Å². The molecule has 0 amide bonds. The van der Waals surface area contributed by atoms with Gasteiger partial charge < -0.3 is 10.3 Å². The smallest absolute Gasteiger partial charge is 0.251 e. The molecule has 0 saturated heterocycles. The minimum absolute atomic E-state index is 0.0905. The minimum Gasteiger partial charge on any atom is -0.315 e. The first-order chi connectivity index (χ1) is 7.22. The Hall–Kier alpha value is -0.810. The summed E-state index contributed by atoms with van der Waals surface area (Å²) in [6, 6.07) is 1.93. The van der Waals surface area contributed by atoms with Crippen LogP contribution in [-0.4, -0.2) is 28.3 Å². The van der Waals surface area contributed by atoms with Gasteiger partial charge in [0, 0.05) is 24.1 Å².